The molecule has 0 unspecified atom stereocenters. The number of rotatable bonds is 4. The molecule has 0 N–H and O–H groups in total. The Bertz CT molecular complexity index is 1340. The van der Waals surface area contributed by atoms with E-state index in [0.717, 1.165) is 49.1 Å². The van der Waals surface area contributed by atoms with Crippen LogP contribution in [-0.2, 0) is 27.7 Å². The van der Waals surface area contributed by atoms with Gasteiger partial charge in [-0.2, -0.15) is 4.31 Å². The first-order chi connectivity index (χ1) is 16.5. The minimum atomic E-state index is -3.54. The molecule has 0 saturated carbocycles. The number of carbonyl (C=O) groups excluding carboxylic acids is 1. The molecule has 1 aromatic carbocycles. The predicted octanol–water partition coefficient (Wildman–Crippen LogP) is 2.98. The number of piperidine rings is 1. The van der Waals surface area contributed by atoms with E-state index in [1.807, 2.05) is 45.8 Å². The van der Waals surface area contributed by atoms with Gasteiger partial charge in [0.15, 0.2) is 11.5 Å². The van der Waals surface area contributed by atoms with Crippen LogP contribution in [0.1, 0.15) is 55.1 Å². The molecule has 0 spiro atoms. The van der Waals surface area contributed by atoms with Crippen molar-refractivity contribution in [3.05, 3.63) is 59.5 Å². The summed E-state index contributed by atoms with van der Waals surface area (Å²) >= 11 is 0. The maximum atomic E-state index is 13.5. The Kier molecular flexibility index (Phi) is 5.41. The smallest absolute Gasteiger partial charge is 0.243 e. The van der Waals surface area contributed by atoms with Gasteiger partial charge in [0.25, 0.3) is 0 Å². The van der Waals surface area contributed by atoms with Crippen LogP contribution in [0, 0.1) is 5.92 Å². The Hall–Kier alpha value is -2.78. The van der Waals surface area contributed by atoms with Gasteiger partial charge >= 0.3 is 0 Å². The molecule has 0 radical (unpaired) electrons. The summed E-state index contributed by atoms with van der Waals surface area (Å²) in [7, 11) is -3.54. The molecule has 2 fully saturated rings. The van der Waals surface area contributed by atoms with E-state index in [1.165, 1.54) is 5.56 Å². The van der Waals surface area contributed by atoms with Gasteiger partial charge in [-0.25, -0.2) is 8.42 Å². The molecule has 3 aromatic rings. The lowest BCUT2D eigenvalue weighted by Gasteiger charge is -2.34. The third kappa shape index (κ3) is 3.62. The van der Waals surface area contributed by atoms with Crippen molar-refractivity contribution in [3.8, 4) is 0 Å². The lowest BCUT2D eigenvalue weighted by atomic mass is 9.96. The van der Waals surface area contributed by atoms with Gasteiger partial charge in [-0.15, -0.1) is 10.2 Å². The lowest BCUT2D eigenvalue weighted by molar-refractivity contribution is -0.137. The number of pyridine rings is 1. The Morgan fingerprint density at radius 1 is 0.912 bits per heavy atom. The topological polar surface area (TPSA) is 87.9 Å². The molecule has 0 bridgehead atoms. The van der Waals surface area contributed by atoms with Gasteiger partial charge in [0, 0.05) is 31.7 Å². The summed E-state index contributed by atoms with van der Waals surface area (Å²) in [6.45, 7) is 1.46. The van der Waals surface area contributed by atoms with Gasteiger partial charge < -0.3 is 4.90 Å². The SMILES string of the molecule is O=C(C1CCN(S(=O)(=O)c2ccc3c(c2)CCC3)CC1)N1CCC[C@H]1c1nnc2ccccn12. The summed E-state index contributed by atoms with van der Waals surface area (Å²) < 4.78 is 30.0. The van der Waals surface area contributed by atoms with Crippen molar-refractivity contribution >= 4 is 21.6 Å². The molecule has 2 aromatic heterocycles. The Labute approximate surface area is 199 Å². The Morgan fingerprint density at radius 2 is 1.74 bits per heavy atom. The van der Waals surface area contributed by atoms with Crippen LogP contribution in [0.4, 0.5) is 0 Å². The van der Waals surface area contributed by atoms with E-state index in [-0.39, 0.29) is 17.9 Å². The molecule has 1 atom stereocenters. The van der Waals surface area contributed by atoms with E-state index < -0.39 is 10.0 Å². The van der Waals surface area contributed by atoms with Crippen molar-refractivity contribution in [3.63, 3.8) is 0 Å². The molecule has 34 heavy (non-hydrogen) atoms. The van der Waals surface area contributed by atoms with Crippen molar-refractivity contribution in [1.82, 2.24) is 23.8 Å². The van der Waals surface area contributed by atoms with E-state index in [2.05, 4.69) is 10.2 Å². The standard InChI is InChI=1S/C25H29N5O3S/c31-25(29-14-4-7-22(29)24-27-26-23-8-1-2-13-30(23)24)19-11-15-28(16-12-19)34(32,33)21-10-9-18-5-3-6-20(18)17-21/h1-2,8-10,13,17,19,22H,3-7,11-12,14-16H2/t22-/m0/s1. The molecular weight excluding hydrogens is 450 g/mol. The second-order valence-electron chi connectivity index (χ2n) is 9.64. The van der Waals surface area contributed by atoms with E-state index in [0.29, 0.717) is 37.4 Å². The number of aromatic nitrogens is 3. The molecule has 178 valence electrons. The van der Waals surface area contributed by atoms with Crippen LogP contribution in [0.25, 0.3) is 5.65 Å². The average Bonchev–Trinajstić information content (AvgIpc) is 3.62. The highest BCUT2D eigenvalue weighted by molar-refractivity contribution is 7.89. The van der Waals surface area contributed by atoms with Crippen LogP contribution >= 0.6 is 0 Å². The van der Waals surface area contributed by atoms with Crippen LogP contribution in [0.2, 0.25) is 0 Å². The fourth-order valence-electron chi connectivity index (χ4n) is 5.82. The van der Waals surface area contributed by atoms with Crippen molar-refractivity contribution in [1.29, 1.82) is 0 Å². The largest absolute Gasteiger partial charge is 0.332 e. The normalized spacial score (nSPS) is 21.9. The van der Waals surface area contributed by atoms with Gasteiger partial charge in [0.05, 0.1) is 10.9 Å². The van der Waals surface area contributed by atoms with Crippen molar-refractivity contribution in [2.45, 2.75) is 55.9 Å². The number of benzene rings is 1. The zero-order chi connectivity index (χ0) is 23.3. The van der Waals surface area contributed by atoms with Crippen molar-refractivity contribution in [2.24, 2.45) is 5.92 Å². The molecule has 2 aliphatic heterocycles. The van der Waals surface area contributed by atoms with Crippen molar-refractivity contribution in [2.75, 3.05) is 19.6 Å². The van der Waals surface area contributed by atoms with Gasteiger partial charge in [-0.1, -0.05) is 12.1 Å². The van der Waals surface area contributed by atoms with Crippen LogP contribution in [0.15, 0.2) is 47.5 Å². The molecular formula is C25H29N5O3S. The van der Waals surface area contributed by atoms with Gasteiger partial charge in [0.1, 0.15) is 0 Å². The lowest BCUT2D eigenvalue weighted by Crippen LogP contribution is -2.44. The molecule has 8 nitrogen and oxygen atoms in total. The number of likely N-dealkylation sites (tertiary alicyclic amines) is 1. The van der Waals surface area contributed by atoms with Crippen LogP contribution in [-0.4, -0.2) is 57.8 Å². The zero-order valence-electron chi connectivity index (χ0n) is 19.1. The summed E-state index contributed by atoms with van der Waals surface area (Å²) in [6.07, 6.45) is 7.91. The second-order valence-corrected chi connectivity index (χ2v) is 11.6. The van der Waals surface area contributed by atoms with E-state index in [1.54, 1.807) is 10.4 Å². The Morgan fingerprint density at radius 3 is 2.59 bits per heavy atom. The highest BCUT2D eigenvalue weighted by Gasteiger charge is 2.39. The number of fused-ring (bicyclic) bond motifs is 2. The third-order valence-electron chi connectivity index (χ3n) is 7.68. The number of amides is 1. The fourth-order valence-corrected chi connectivity index (χ4v) is 7.34. The minimum Gasteiger partial charge on any atom is -0.332 e. The monoisotopic (exact) mass is 479 g/mol. The number of sulfonamides is 1. The molecule has 4 heterocycles. The second kappa shape index (κ2) is 8.46. The quantitative estimate of drug-likeness (QED) is 0.574. The van der Waals surface area contributed by atoms with Crippen LogP contribution in [0.3, 0.4) is 0 Å². The maximum Gasteiger partial charge on any atom is 0.243 e. The molecule has 1 amide bonds. The van der Waals surface area contributed by atoms with Crippen molar-refractivity contribution < 1.29 is 13.2 Å². The zero-order valence-corrected chi connectivity index (χ0v) is 20.0. The minimum absolute atomic E-state index is 0.0851. The van der Waals surface area contributed by atoms with Gasteiger partial charge in [-0.05, 0) is 80.3 Å². The molecule has 6 rings (SSSR count). The van der Waals surface area contributed by atoms with Gasteiger partial charge in [-0.3, -0.25) is 9.20 Å². The number of aryl methyl sites for hydroxylation is 2. The first-order valence-corrected chi connectivity index (χ1v) is 13.7. The van der Waals surface area contributed by atoms with Gasteiger partial charge in [0.2, 0.25) is 15.9 Å². The maximum absolute atomic E-state index is 13.5. The molecule has 3 aliphatic rings. The van der Waals surface area contributed by atoms with E-state index >= 15 is 0 Å². The number of nitrogens with zero attached hydrogens (tertiary/aromatic N) is 5. The first kappa shape index (κ1) is 21.7. The molecule has 1 aliphatic carbocycles. The predicted molar refractivity (Wildman–Crippen MR) is 127 cm³/mol. The average molecular weight is 480 g/mol. The molecule has 2 saturated heterocycles. The fraction of sp³-hybridized carbons (Fsp3) is 0.480. The first-order valence-electron chi connectivity index (χ1n) is 12.2. The highest BCUT2D eigenvalue weighted by Crippen LogP contribution is 2.35. The van der Waals surface area contributed by atoms with Crippen LogP contribution in [0.5, 0.6) is 0 Å². The summed E-state index contributed by atoms with van der Waals surface area (Å²) in [6, 6.07) is 11.3. The molecule has 9 heteroatoms. The number of hydrogen-bond acceptors (Lipinski definition) is 5. The van der Waals surface area contributed by atoms with E-state index in [4.69, 9.17) is 0 Å². The summed E-state index contributed by atoms with van der Waals surface area (Å²) in [5, 5.41) is 8.65. The Balaban J connectivity index is 1.15. The number of hydrogen-bond donors (Lipinski definition) is 0. The summed E-state index contributed by atoms with van der Waals surface area (Å²) in [5.74, 6) is 0.758. The third-order valence-corrected chi connectivity index (χ3v) is 9.58. The van der Waals surface area contributed by atoms with E-state index in [9.17, 15) is 13.2 Å². The summed E-state index contributed by atoms with van der Waals surface area (Å²) in [4.78, 5) is 15.8. The highest BCUT2D eigenvalue weighted by atomic mass is 32.2. The summed E-state index contributed by atoms with van der Waals surface area (Å²) in [5.41, 5.74) is 3.21. The van der Waals surface area contributed by atoms with Crippen LogP contribution < -0.4 is 0 Å². The number of carbonyl (C=O) groups is 1.